The smallest absolute Gasteiger partial charge is 0.251 e. The van der Waals surface area contributed by atoms with E-state index in [-0.39, 0.29) is 11.9 Å². The van der Waals surface area contributed by atoms with Crippen LogP contribution in [0.4, 0.5) is 0 Å². The summed E-state index contributed by atoms with van der Waals surface area (Å²) in [6, 6.07) is 14.3. The standard InChI is InChI=1S/C16H16ClNO2/c1-11(14-5-3-4-6-15(14)20-2)18-16(19)12-7-9-13(17)10-8-12/h3-11H,1-2H3,(H,18,19). The normalized spacial score (nSPS) is 11.8. The Balaban J connectivity index is 2.13. The summed E-state index contributed by atoms with van der Waals surface area (Å²) in [7, 11) is 1.62. The van der Waals surface area contributed by atoms with Gasteiger partial charge in [0, 0.05) is 16.1 Å². The van der Waals surface area contributed by atoms with Crippen molar-refractivity contribution in [1.82, 2.24) is 5.32 Å². The Labute approximate surface area is 123 Å². The summed E-state index contributed by atoms with van der Waals surface area (Å²) in [5, 5.41) is 3.56. The summed E-state index contributed by atoms with van der Waals surface area (Å²) >= 11 is 5.81. The molecule has 1 unspecified atom stereocenters. The molecule has 0 spiro atoms. The molecule has 0 radical (unpaired) electrons. The molecule has 20 heavy (non-hydrogen) atoms. The molecule has 2 rings (SSSR count). The van der Waals surface area contributed by atoms with Gasteiger partial charge in [-0.05, 0) is 37.3 Å². The highest BCUT2D eigenvalue weighted by Crippen LogP contribution is 2.24. The predicted octanol–water partition coefficient (Wildman–Crippen LogP) is 3.84. The fourth-order valence-corrected chi connectivity index (χ4v) is 2.11. The number of hydrogen-bond donors (Lipinski definition) is 1. The highest BCUT2D eigenvalue weighted by molar-refractivity contribution is 6.30. The third kappa shape index (κ3) is 3.31. The fraction of sp³-hybridized carbons (Fsp3) is 0.188. The van der Waals surface area contributed by atoms with Gasteiger partial charge in [-0.3, -0.25) is 4.79 Å². The molecule has 4 heteroatoms. The first-order valence-corrected chi connectivity index (χ1v) is 6.69. The molecule has 1 atom stereocenters. The van der Waals surface area contributed by atoms with Gasteiger partial charge >= 0.3 is 0 Å². The lowest BCUT2D eigenvalue weighted by Gasteiger charge is -2.17. The fourth-order valence-electron chi connectivity index (χ4n) is 1.98. The molecule has 104 valence electrons. The molecule has 0 aliphatic carbocycles. The van der Waals surface area contributed by atoms with Crippen molar-refractivity contribution in [3.05, 3.63) is 64.7 Å². The molecular weight excluding hydrogens is 274 g/mol. The average Bonchev–Trinajstić information content (AvgIpc) is 2.47. The van der Waals surface area contributed by atoms with E-state index in [1.807, 2.05) is 31.2 Å². The molecule has 0 aromatic heterocycles. The van der Waals surface area contributed by atoms with Crippen LogP contribution in [0.25, 0.3) is 0 Å². The van der Waals surface area contributed by atoms with Crippen LogP contribution < -0.4 is 10.1 Å². The van der Waals surface area contributed by atoms with E-state index in [0.717, 1.165) is 11.3 Å². The summed E-state index contributed by atoms with van der Waals surface area (Å²) < 4.78 is 5.30. The molecule has 0 aliphatic rings. The molecule has 2 aromatic carbocycles. The number of nitrogens with one attached hydrogen (secondary N) is 1. The number of methoxy groups -OCH3 is 1. The minimum absolute atomic E-state index is 0.139. The number of rotatable bonds is 4. The Morgan fingerprint density at radius 2 is 1.80 bits per heavy atom. The first-order valence-electron chi connectivity index (χ1n) is 6.31. The van der Waals surface area contributed by atoms with Crippen molar-refractivity contribution in [2.45, 2.75) is 13.0 Å². The van der Waals surface area contributed by atoms with Crippen LogP contribution in [0.1, 0.15) is 28.9 Å². The maximum Gasteiger partial charge on any atom is 0.251 e. The molecule has 1 N–H and O–H groups in total. The molecule has 2 aromatic rings. The van der Waals surface area contributed by atoms with Crippen LogP contribution in [0.3, 0.4) is 0 Å². The highest BCUT2D eigenvalue weighted by atomic mass is 35.5. The Bertz CT molecular complexity index is 596. The van der Waals surface area contributed by atoms with Gasteiger partial charge in [0.25, 0.3) is 5.91 Å². The van der Waals surface area contributed by atoms with Crippen LogP contribution in [0.5, 0.6) is 5.75 Å². The number of ether oxygens (including phenoxy) is 1. The second-order valence-corrected chi connectivity index (χ2v) is 4.88. The van der Waals surface area contributed by atoms with E-state index in [0.29, 0.717) is 10.6 Å². The van der Waals surface area contributed by atoms with E-state index in [1.54, 1.807) is 31.4 Å². The van der Waals surface area contributed by atoms with Crippen molar-refractivity contribution in [2.24, 2.45) is 0 Å². The van der Waals surface area contributed by atoms with Gasteiger partial charge < -0.3 is 10.1 Å². The number of amides is 1. The molecule has 0 aliphatic heterocycles. The second-order valence-electron chi connectivity index (χ2n) is 4.44. The van der Waals surface area contributed by atoms with Gasteiger partial charge in [0.1, 0.15) is 5.75 Å². The monoisotopic (exact) mass is 289 g/mol. The molecule has 3 nitrogen and oxygen atoms in total. The van der Waals surface area contributed by atoms with Gasteiger partial charge in [0.15, 0.2) is 0 Å². The Morgan fingerprint density at radius 3 is 2.45 bits per heavy atom. The number of hydrogen-bond acceptors (Lipinski definition) is 2. The first-order chi connectivity index (χ1) is 9.61. The third-order valence-corrected chi connectivity index (χ3v) is 3.31. The quantitative estimate of drug-likeness (QED) is 0.929. The van der Waals surface area contributed by atoms with Crippen molar-refractivity contribution in [3.63, 3.8) is 0 Å². The van der Waals surface area contributed by atoms with Gasteiger partial charge in [0.2, 0.25) is 0 Å². The number of carbonyl (C=O) groups excluding carboxylic acids is 1. The lowest BCUT2D eigenvalue weighted by molar-refractivity contribution is 0.0939. The third-order valence-electron chi connectivity index (χ3n) is 3.06. The van der Waals surface area contributed by atoms with Crippen molar-refractivity contribution >= 4 is 17.5 Å². The minimum atomic E-state index is -0.144. The molecule has 0 bridgehead atoms. The topological polar surface area (TPSA) is 38.3 Å². The summed E-state index contributed by atoms with van der Waals surface area (Å²) in [5.41, 5.74) is 1.52. The maximum absolute atomic E-state index is 12.1. The zero-order valence-electron chi connectivity index (χ0n) is 11.4. The van der Waals surface area contributed by atoms with Gasteiger partial charge in [-0.1, -0.05) is 29.8 Å². The maximum atomic E-state index is 12.1. The van der Waals surface area contributed by atoms with Crippen LogP contribution in [-0.2, 0) is 0 Å². The zero-order chi connectivity index (χ0) is 14.5. The molecular formula is C16H16ClNO2. The van der Waals surface area contributed by atoms with E-state index in [4.69, 9.17) is 16.3 Å². The van der Waals surface area contributed by atoms with E-state index in [9.17, 15) is 4.79 Å². The molecule has 0 fully saturated rings. The van der Waals surface area contributed by atoms with Crippen LogP contribution in [0, 0.1) is 0 Å². The predicted molar refractivity (Wildman–Crippen MR) is 80.3 cm³/mol. The van der Waals surface area contributed by atoms with Gasteiger partial charge in [0.05, 0.1) is 13.2 Å². The Kier molecular flexibility index (Phi) is 4.64. The lowest BCUT2D eigenvalue weighted by Crippen LogP contribution is -2.26. The van der Waals surface area contributed by atoms with E-state index < -0.39 is 0 Å². The Morgan fingerprint density at radius 1 is 1.15 bits per heavy atom. The summed E-state index contributed by atoms with van der Waals surface area (Å²) in [6.45, 7) is 1.92. The van der Waals surface area contributed by atoms with Crippen LogP contribution in [0.15, 0.2) is 48.5 Å². The van der Waals surface area contributed by atoms with Crippen molar-refractivity contribution in [1.29, 1.82) is 0 Å². The molecule has 1 amide bonds. The van der Waals surface area contributed by atoms with Crippen molar-refractivity contribution in [3.8, 4) is 5.75 Å². The van der Waals surface area contributed by atoms with Crippen molar-refractivity contribution in [2.75, 3.05) is 7.11 Å². The van der Waals surface area contributed by atoms with Crippen LogP contribution >= 0.6 is 11.6 Å². The average molecular weight is 290 g/mol. The minimum Gasteiger partial charge on any atom is -0.496 e. The van der Waals surface area contributed by atoms with E-state index >= 15 is 0 Å². The second kappa shape index (κ2) is 6.44. The Hall–Kier alpha value is -2.00. The lowest BCUT2D eigenvalue weighted by atomic mass is 10.1. The van der Waals surface area contributed by atoms with Crippen LogP contribution in [-0.4, -0.2) is 13.0 Å². The number of benzene rings is 2. The highest BCUT2D eigenvalue weighted by Gasteiger charge is 2.14. The summed E-state index contributed by atoms with van der Waals surface area (Å²) in [5.74, 6) is 0.622. The summed E-state index contributed by atoms with van der Waals surface area (Å²) in [4.78, 5) is 12.1. The van der Waals surface area contributed by atoms with Crippen molar-refractivity contribution < 1.29 is 9.53 Å². The van der Waals surface area contributed by atoms with Crippen LogP contribution in [0.2, 0.25) is 5.02 Å². The van der Waals surface area contributed by atoms with E-state index in [2.05, 4.69) is 5.32 Å². The number of carbonyl (C=O) groups is 1. The first kappa shape index (κ1) is 14.4. The molecule has 0 saturated heterocycles. The molecule has 0 heterocycles. The SMILES string of the molecule is COc1ccccc1C(C)NC(=O)c1ccc(Cl)cc1. The van der Waals surface area contributed by atoms with Gasteiger partial charge in [-0.2, -0.15) is 0 Å². The number of para-hydroxylation sites is 1. The number of halogens is 1. The van der Waals surface area contributed by atoms with E-state index in [1.165, 1.54) is 0 Å². The van der Waals surface area contributed by atoms with Gasteiger partial charge in [-0.15, -0.1) is 0 Å². The molecule has 0 saturated carbocycles. The van der Waals surface area contributed by atoms with Gasteiger partial charge in [-0.25, -0.2) is 0 Å². The largest absolute Gasteiger partial charge is 0.496 e. The summed E-state index contributed by atoms with van der Waals surface area (Å²) in [6.07, 6.45) is 0. The zero-order valence-corrected chi connectivity index (χ0v) is 12.1.